The van der Waals surface area contributed by atoms with Crippen molar-refractivity contribution in [3.05, 3.63) is 11.3 Å². The summed E-state index contributed by atoms with van der Waals surface area (Å²) < 4.78 is 0. The molecule has 0 saturated heterocycles. The zero-order valence-electron chi connectivity index (χ0n) is 4.56. The molecule has 0 spiro atoms. The Balaban J connectivity index is 3.98. The molecule has 0 aromatic heterocycles. The van der Waals surface area contributed by atoms with Crippen molar-refractivity contribution in [2.75, 3.05) is 0 Å². The quantitative estimate of drug-likeness (QED) is 0.383. The van der Waals surface area contributed by atoms with E-state index in [0.29, 0.717) is 12.0 Å². The van der Waals surface area contributed by atoms with Crippen LogP contribution in [0.3, 0.4) is 0 Å². The molecule has 0 atom stereocenters. The average molecular weight is 99.1 g/mol. The van der Waals surface area contributed by atoms with E-state index in [2.05, 4.69) is 0 Å². The van der Waals surface area contributed by atoms with Crippen LogP contribution >= 0.6 is 0 Å². The van der Waals surface area contributed by atoms with Crippen LogP contribution in [0, 0.1) is 0 Å². The number of aldehydes is 1. The predicted octanol–water partition coefficient (Wildman–Crippen LogP) is 0.438. The predicted molar refractivity (Wildman–Crippen MR) is 28.6 cm³/mol. The van der Waals surface area contributed by atoms with Gasteiger partial charge in [0.1, 0.15) is 0 Å². The monoisotopic (exact) mass is 99.1 g/mol. The highest BCUT2D eigenvalue weighted by atomic mass is 16.1. The molecule has 0 aliphatic rings. The zero-order chi connectivity index (χ0) is 5.86. The summed E-state index contributed by atoms with van der Waals surface area (Å²) in [7, 11) is 0. The smallest absolute Gasteiger partial charge is 0.165 e. The van der Waals surface area contributed by atoms with Gasteiger partial charge in [0.15, 0.2) is 6.29 Å². The van der Waals surface area contributed by atoms with Gasteiger partial charge in [-0.05, 0) is 13.8 Å². The Labute approximate surface area is 43.0 Å². The highest BCUT2D eigenvalue weighted by molar-refractivity contribution is 5.72. The van der Waals surface area contributed by atoms with Crippen molar-refractivity contribution in [1.29, 1.82) is 0 Å². The fourth-order valence-electron chi connectivity index (χ4n) is 0.118. The molecule has 2 nitrogen and oxygen atoms in total. The molecular formula is C5H9NO. The lowest BCUT2D eigenvalue weighted by Gasteiger charge is -1.87. The first kappa shape index (κ1) is 6.21. The van der Waals surface area contributed by atoms with Crippen LogP contribution in [-0.4, -0.2) is 6.29 Å². The molecule has 0 rings (SSSR count). The van der Waals surface area contributed by atoms with Gasteiger partial charge in [-0.1, -0.05) is 5.57 Å². The van der Waals surface area contributed by atoms with Crippen molar-refractivity contribution in [3.8, 4) is 0 Å². The maximum Gasteiger partial charge on any atom is 0.165 e. The second-order valence-electron chi connectivity index (χ2n) is 1.57. The normalized spacial score (nSPS) is 7.71. The van der Waals surface area contributed by atoms with Gasteiger partial charge >= 0.3 is 0 Å². The Kier molecular flexibility index (Phi) is 2.12. The van der Waals surface area contributed by atoms with Crippen molar-refractivity contribution < 1.29 is 4.79 Å². The van der Waals surface area contributed by atoms with E-state index in [9.17, 15) is 4.79 Å². The number of allylic oxidation sites excluding steroid dienone is 2. The standard InChI is InChI=1S/C5H9NO/c1-4(2)5(6)3-7/h3H,6H2,1-2H3. The SMILES string of the molecule is CC(C)=C(N)C=O. The number of rotatable bonds is 1. The summed E-state index contributed by atoms with van der Waals surface area (Å²) in [5.74, 6) is 0. The first-order chi connectivity index (χ1) is 3.18. The van der Waals surface area contributed by atoms with Gasteiger partial charge in [0.2, 0.25) is 0 Å². The second-order valence-corrected chi connectivity index (χ2v) is 1.57. The third kappa shape index (κ3) is 1.98. The molecule has 0 aromatic rings. The minimum Gasteiger partial charge on any atom is -0.396 e. The van der Waals surface area contributed by atoms with Gasteiger partial charge in [0.05, 0.1) is 5.70 Å². The van der Waals surface area contributed by atoms with E-state index >= 15 is 0 Å². The molecule has 0 bridgehead atoms. The molecule has 0 aliphatic heterocycles. The maximum absolute atomic E-state index is 9.76. The van der Waals surface area contributed by atoms with Gasteiger partial charge in [0, 0.05) is 0 Å². The average Bonchev–Trinajstić information content (AvgIpc) is 1.65. The summed E-state index contributed by atoms with van der Waals surface area (Å²) in [5, 5.41) is 0. The van der Waals surface area contributed by atoms with E-state index in [1.807, 2.05) is 0 Å². The third-order valence-electron chi connectivity index (χ3n) is 0.704. The molecule has 2 N–H and O–H groups in total. The minimum absolute atomic E-state index is 0.333. The van der Waals surface area contributed by atoms with Crippen molar-refractivity contribution in [2.24, 2.45) is 5.73 Å². The third-order valence-corrected chi connectivity index (χ3v) is 0.704. The molecular weight excluding hydrogens is 90.1 g/mol. The van der Waals surface area contributed by atoms with E-state index in [-0.39, 0.29) is 0 Å². The molecule has 0 fully saturated rings. The Hall–Kier alpha value is -0.790. The molecule has 0 aromatic carbocycles. The Bertz CT molecular complexity index is 101. The van der Waals surface area contributed by atoms with E-state index in [1.54, 1.807) is 13.8 Å². The summed E-state index contributed by atoms with van der Waals surface area (Å²) in [4.78, 5) is 9.76. The topological polar surface area (TPSA) is 43.1 Å². The molecule has 2 heteroatoms. The molecule has 0 aliphatic carbocycles. The molecule has 0 saturated carbocycles. The second kappa shape index (κ2) is 2.39. The molecule has 7 heavy (non-hydrogen) atoms. The fraction of sp³-hybridized carbons (Fsp3) is 0.400. The van der Waals surface area contributed by atoms with Crippen LogP contribution in [-0.2, 0) is 4.79 Å². The van der Waals surface area contributed by atoms with Crippen molar-refractivity contribution in [3.63, 3.8) is 0 Å². The van der Waals surface area contributed by atoms with E-state index in [4.69, 9.17) is 5.73 Å². The van der Waals surface area contributed by atoms with Crippen LogP contribution in [0.15, 0.2) is 11.3 Å². The van der Waals surface area contributed by atoms with Crippen molar-refractivity contribution in [1.82, 2.24) is 0 Å². The number of hydrogen-bond donors (Lipinski definition) is 1. The van der Waals surface area contributed by atoms with Crippen molar-refractivity contribution in [2.45, 2.75) is 13.8 Å². The molecule has 0 unspecified atom stereocenters. The molecule has 0 radical (unpaired) electrons. The highest BCUT2D eigenvalue weighted by Crippen LogP contribution is 1.89. The zero-order valence-corrected chi connectivity index (χ0v) is 4.56. The van der Waals surface area contributed by atoms with Gasteiger partial charge in [-0.25, -0.2) is 0 Å². The number of carbonyl (C=O) groups is 1. The molecule has 0 amide bonds. The maximum atomic E-state index is 9.76. The van der Waals surface area contributed by atoms with E-state index < -0.39 is 0 Å². The fourth-order valence-corrected chi connectivity index (χ4v) is 0.118. The van der Waals surface area contributed by atoms with Crippen LogP contribution in [0.2, 0.25) is 0 Å². The number of nitrogens with two attached hydrogens (primary N) is 1. The van der Waals surface area contributed by atoms with Crippen molar-refractivity contribution >= 4 is 6.29 Å². The van der Waals surface area contributed by atoms with Gasteiger partial charge in [-0.2, -0.15) is 0 Å². The van der Waals surface area contributed by atoms with Crippen LogP contribution in [0.25, 0.3) is 0 Å². The number of hydrogen-bond acceptors (Lipinski definition) is 2. The first-order valence-electron chi connectivity index (χ1n) is 2.06. The van der Waals surface area contributed by atoms with E-state index in [1.165, 1.54) is 0 Å². The summed E-state index contributed by atoms with van der Waals surface area (Å²) in [6, 6.07) is 0. The summed E-state index contributed by atoms with van der Waals surface area (Å²) >= 11 is 0. The summed E-state index contributed by atoms with van der Waals surface area (Å²) in [6.07, 6.45) is 0.648. The van der Waals surface area contributed by atoms with E-state index in [0.717, 1.165) is 5.57 Å². The lowest BCUT2D eigenvalue weighted by atomic mass is 10.3. The highest BCUT2D eigenvalue weighted by Gasteiger charge is 1.83. The van der Waals surface area contributed by atoms with Crippen LogP contribution in [0.4, 0.5) is 0 Å². The van der Waals surface area contributed by atoms with Gasteiger partial charge < -0.3 is 5.73 Å². The minimum atomic E-state index is 0.333. The Morgan fingerprint density at radius 2 is 2.00 bits per heavy atom. The largest absolute Gasteiger partial charge is 0.396 e. The van der Waals surface area contributed by atoms with Crippen LogP contribution < -0.4 is 5.73 Å². The lowest BCUT2D eigenvalue weighted by Crippen LogP contribution is -1.99. The molecule has 40 valence electrons. The Morgan fingerprint density at radius 1 is 1.57 bits per heavy atom. The van der Waals surface area contributed by atoms with Gasteiger partial charge in [-0.15, -0.1) is 0 Å². The number of carbonyl (C=O) groups excluding carboxylic acids is 1. The molecule has 0 heterocycles. The van der Waals surface area contributed by atoms with Gasteiger partial charge in [0.25, 0.3) is 0 Å². The summed E-state index contributed by atoms with van der Waals surface area (Å²) in [6.45, 7) is 3.59. The van der Waals surface area contributed by atoms with Crippen LogP contribution in [0.1, 0.15) is 13.8 Å². The lowest BCUT2D eigenvalue weighted by molar-refractivity contribution is -0.105. The Morgan fingerprint density at radius 3 is 2.00 bits per heavy atom. The van der Waals surface area contributed by atoms with Gasteiger partial charge in [-0.3, -0.25) is 4.79 Å². The van der Waals surface area contributed by atoms with Crippen LogP contribution in [0.5, 0.6) is 0 Å². The first-order valence-corrected chi connectivity index (χ1v) is 2.06. The summed E-state index contributed by atoms with van der Waals surface area (Å²) in [5.41, 5.74) is 6.33.